The highest BCUT2D eigenvalue weighted by atomic mass is 32.2. The topological polar surface area (TPSA) is 17.1 Å². The van der Waals surface area contributed by atoms with Gasteiger partial charge in [-0.3, -0.25) is 4.79 Å². The fraction of sp³-hybridized carbons (Fsp3) is 0.875. The van der Waals surface area contributed by atoms with Crippen LogP contribution in [0.2, 0.25) is 0 Å². The first-order valence-corrected chi connectivity index (χ1v) is 4.85. The van der Waals surface area contributed by atoms with E-state index in [-0.39, 0.29) is 0 Å². The van der Waals surface area contributed by atoms with E-state index < -0.39 is 0 Å². The van der Waals surface area contributed by atoms with Crippen LogP contribution in [0.1, 0.15) is 27.2 Å². The molecule has 0 saturated heterocycles. The highest BCUT2D eigenvalue weighted by Gasteiger charge is 1.95. The third-order valence-electron chi connectivity index (χ3n) is 1.05. The number of ketones is 1. The molecule has 0 fully saturated rings. The lowest BCUT2D eigenvalue weighted by Gasteiger charge is -2.01. The lowest BCUT2D eigenvalue weighted by molar-refractivity contribution is -0.116. The fourth-order valence-corrected chi connectivity index (χ4v) is 1.60. The molecule has 0 bridgehead atoms. The van der Waals surface area contributed by atoms with Crippen molar-refractivity contribution in [2.24, 2.45) is 5.92 Å². The lowest BCUT2D eigenvalue weighted by atomic mass is 10.3. The monoisotopic (exact) mass is 160 g/mol. The molecule has 0 aromatic rings. The van der Waals surface area contributed by atoms with E-state index in [1.54, 1.807) is 6.92 Å². The van der Waals surface area contributed by atoms with Gasteiger partial charge in [-0.15, -0.1) is 0 Å². The van der Waals surface area contributed by atoms with Crippen LogP contribution in [0.3, 0.4) is 0 Å². The number of rotatable bonds is 5. The number of Topliss-reactive ketones (excluding diaryl/α,β-unsaturated/α-hetero) is 1. The number of hydrogen-bond donors (Lipinski definition) is 0. The number of carbonyl (C=O) groups excluding carboxylic acids is 1. The quantitative estimate of drug-likeness (QED) is 0.574. The zero-order valence-corrected chi connectivity index (χ0v) is 7.83. The largest absolute Gasteiger partial charge is 0.300 e. The predicted molar refractivity (Wildman–Crippen MR) is 47.5 cm³/mol. The van der Waals surface area contributed by atoms with Crippen LogP contribution >= 0.6 is 11.8 Å². The summed E-state index contributed by atoms with van der Waals surface area (Å²) in [6.07, 6.45) is 0.734. The molecule has 0 rings (SSSR count). The van der Waals surface area contributed by atoms with Gasteiger partial charge in [0.1, 0.15) is 5.78 Å². The van der Waals surface area contributed by atoms with E-state index in [1.165, 1.54) is 5.75 Å². The maximum Gasteiger partial charge on any atom is 0.130 e. The molecule has 0 radical (unpaired) electrons. The molecular weight excluding hydrogens is 144 g/mol. The van der Waals surface area contributed by atoms with E-state index >= 15 is 0 Å². The van der Waals surface area contributed by atoms with Gasteiger partial charge in [0.2, 0.25) is 0 Å². The van der Waals surface area contributed by atoms with E-state index in [9.17, 15) is 4.79 Å². The summed E-state index contributed by atoms with van der Waals surface area (Å²) in [5.74, 6) is 3.22. The molecule has 60 valence electrons. The van der Waals surface area contributed by atoms with E-state index in [0.29, 0.717) is 5.78 Å². The van der Waals surface area contributed by atoms with Crippen LogP contribution < -0.4 is 0 Å². The molecule has 0 heterocycles. The van der Waals surface area contributed by atoms with Crippen molar-refractivity contribution < 1.29 is 4.79 Å². The van der Waals surface area contributed by atoms with Gasteiger partial charge in [-0.25, -0.2) is 0 Å². The van der Waals surface area contributed by atoms with Crippen molar-refractivity contribution >= 4 is 17.5 Å². The second-order valence-electron chi connectivity index (χ2n) is 2.92. The zero-order valence-electron chi connectivity index (χ0n) is 7.02. The molecule has 0 aromatic carbocycles. The number of hydrogen-bond acceptors (Lipinski definition) is 2. The predicted octanol–water partition coefficient (Wildman–Crippen LogP) is 2.35. The van der Waals surface area contributed by atoms with E-state index in [4.69, 9.17) is 0 Å². The maximum atomic E-state index is 10.5. The molecule has 0 amide bonds. The van der Waals surface area contributed by atoms with Crippen molar-refractivity contribution in [2.45, 2.75) is 27.2 Å². The van der Waals surface area contributed by atoms with Crippen LogP contribution in [0.25, 0.3) is 0 Å². The van der Waals surface area contributed by atoms with Gasteiger partial charge in [0.15, 0.2) is 0 Å². The smallest absolute Gasteiger partial charge is 0.130 e. The SMILES string of the molecule is CC(=O)CCSCC(C)C. The van der Waals surface area contributed by atoms with Crippen molar-refractivity contribution in [1.29, 1.82) is 0 Å². The molecule has 0 spiro atoms. The summed E-state index contributed by atoms with van der Waals surface area (Å²) < 4.78 is 0. The summed E-state index contributed by atoms with van der Waals surface area (Å²) >= 11 is 1.87. The Bertz CT molecular complexity index is 99.4. The van der Waals surface area contributed by atoms with E-state index in [0.717, 1.165) is 18.1 Å². The van der Waals surface area contributed by atoms with Crippen molar-refractivity contribution in [2.75, 3.05) is 11.5 Å². The molecule has 0 saturated carbocycles. The second-order valence-corrected chi connectivity index (χ2v) is 4.07. The standard InChI is InChI=1S/C8H16OS/c1-7(2)6-10-5-4-8(3)9/h7H,4-6H2,1-3H3. The van der Waals surface area contributed by atoms with Crippen LogP contribution in [-0.2, 0) is 4.79 Å². The Morgan fingerprint density at radius 1 is 1.50 bits per heavy atom. The van der Waals surface area contributed by atoms with Crippen LogP contribution in [0.5, 0.6) is 0 Å². The fourth-order valence-electron chi connectivity index (χ4n) is 0.535. The maximum absolute atomic E-state index is 10.5. The highest BCUT2D eigenvalue weighted by molar-refractivity contribution is 7.99. The Labute approximate surface area is 67.6 Å². The number of carbonyl (C=O) groups is 1. The first kappa shape index (κ1) is 10.0. The summed E-state index contributed by atoms with van der Waals surface area (Å²) in [4.78, 5) is 10.5. The molecule has 1 nitrogen and oxygen atoms in total. The van der Waals surface area contributed by atoms with Crippen LogP contribution in [0.4, 0.5) is 0 Å². The normalized spacial score (nSPS) is 10.4. The third kappa shape index (κ3) is 8.02. The van der Waals surface area contributed by atoms with Gasteiger partial charge in [-0.2, -0.15) is 11.8 Å². The Kier molecular flexibility index (Phi) is 5.79. The molecule has 0 unspecified atom stereocenters. The van der Waals surface area contributed by atoms with Crippen molar-refractivity contribution in [1.82, 2.24) is 0 Å². The Hall–Kier alpha value is 0.0200. The van der Waals surface area contributed by atoms with Gasteiger partial charge in [-0.05, 0) is 18.6 Å². The van der Waals surface area contributed by atoms with Crippen LogP contribution in [-0.4, -0.2) is 17.3 Å². The summed E-state index contributed by atoms with van der Waals surface area (Å²) in [6, 6.07) is 0. The second kappa shape index (κ2) is 5.78. The van der Waals surface area contributed by atoms with Crippen LogP contribution in [0.15, 0.2) is 0 Å². The first-order valence-electron chi connectivity index (χ1n) is 3.70. The van der Waals surface area contributed by atoms with Crippen molar-refractivity contribution in [3.05, 3.63) is 0 Å². The molecule has 0 aliphatic heterocycles. The Morgan fingerprint density at radius 3 is 2.50 bits per heavy atom. The molecule has 0 aromatic heterocycles. The zero-order chi connectivity index (χ0) is 7.98. The number of thioether (sulfide) groups is 1. The van der Waals surface area contributed by atoms with Gasteiger partial charge in [0.25, 0.3) is 0 Å². The summed E-state index contributed by atoms with van der Waals surface area (Å²) in [5.41, 5.74) is 0. The van der Waals surface area contributed by atoms with Crippen molar-refractivity contribution in [3.63, 3.8) is 0 Å². The molecule has 0 N–H and O–H groups in total. The Balaban J connectivity index is 2.98. The van der Waals surface area contributed by atoms with Crippen LogP contribution in [0, 0.1) is 5.92 Å². The van der Waals surface area contributed by atoms with Gasteiger partial charge in [0.05, 0.1) is 0 Å². The van der Waals surface area contributed by atoms with Gasteiger partial charge in [-0.1, -0.05) is 13.8 Å². The molecule has 0 aliphatic rings. The average molecular weight is 160 g/mol. The minimum absolute atomic E-state index is 0.302. The van der Waals surface area contributed by atoms with E-state index in [1.807, 2.05) is 11.8 Å². The van der Waals surface area contributed by atoms with Gasteiger partial charge >= 0.3 is 0 Å². The lowest BCUT2D eigenvalue weighted by Crippen LogP contribution is -1.96. The summed E-state index contributed by atoms with van der Waals surface area (Å²) in [6.45, 7) is 6.04. The average Bonchev–Trinajstić information content (AvgIpc) is 1.79. The molecular formula is C8H16OS. The molecule has 0 atom stereocenters. The molecule has 10 heavy (non-hydrogen) atoms. The highest BCUT2D eigenvalue weighted by Crippen LogP contribution is 2.08. The summed E-state index contributed by atoms with van der Waals surface area (Å²) in [5, 5.41) is 0. The summed E-state index contributed by atoms with van der Waals surface area (Å²) in [7, 11) is 0. The minimum Gasteiger partial charge on any atom is -0.300 e. The van der Waals surface area contributed by atoms with Gasteiger partial charge in [0, 0.05) is 12.2 Å². The van der Waals surface area contributed by atoms with Gasteiger partial charge < -0.3 is 0 Å². The Morgan fingerprint density at radius 2 is 2.10 bits per heavy atom. The van der Waals surface area contributed by atoms with Crippen molar-refractivity contribution in [3.8, 4) is 0 Å². The molecule has 0 aliphatic carbocycles. The molecule has 2 heteroatoms. The minimum atomic E-state index is 0.302. The van der Waals surface area contributed by atoms with E-state index in [2.05, 4.69) is 13.8 Å². The first-order chi connectivity index (χ1) is 4.63. The third-order valence-corrected chi connectivity index (χ3v) is 2.44.